The Morgan fingerprint density at radius 3 is 2.88 bits per heavy atom. The molecule has 1 atom stereocenters. The molecule has 7 nitrogen and oxygen atoms in total. The number of anilines is 1. The van der Waals surface area contributed by atoms with Crippen molar-refractivity contribution < 1.29 is 14.3 Å². The molecule has 0 saturated heterocycles. The monoisotopic (exact) mass is 434 g/mol. The Balaban J connectivity index is 1.49. The van der Waals surface area contributed by atoms with Gasteiger partial charge in [-0.2, -0.15) is 0 Å². The average molecular weight is 435 g/mol. The number of hydrogen-bond acceptors (Lipinski definition) is 6. The molecule has 0 fully saturated rings. The van der Waals surface area contributed by atoms with Gasteiger partial charge in [-0.05, 0) is 55.2 Å². The van der Waals surface area contributed by atoms with Crippen molar-refractivity contribution in [3.05, 3.63) is 59.2 Å². The molecule has 0 aromatic heterocycles. The number of hydrogen-bond donors (Lipinski definition) is 2. The first kappa shape index (κ1) is 23.2. The summed E-state index contributed by atoms with van der Waals surface area (Å²) in [6.45, 7) is 5.69. The zero-order valence-electron chi connectivity index (χ0n) is 18.9. The lowest BCUT2D eigenvalue weighted by atomic mass is 9.99. The summed E-state index contributed by atoms with van der Waals surface area (Å²) >= 11 is 0. The maximum absolute atomic E-state index is 12.5. The Kier molecular flexibility index (Phi) is 8.14. The van der Waals surface area contributed by atoms with Crippen molar-refractivity contribution in [2.75, 3.05) is 11.9 Å². The van der Waals surface area contributed by atoms with E-state index in [2.05, 4.69) is 33.8 Å². The van der Waals surface area contributed by atoms with Crippen molar-refractivity contribution in [2.24, 2.45) is 10.1 Å². The van der Waals surface area contributed by atoms with Gasteiger partial charge < -0.3 is 10.1 Å². The highest BCUT2D eigenvalue weighted by molar-refractivity contribution is 6.00. The van der Waals surface area contributed by atoms with Gasteiger partial charge in [0.2, 0.25) is 11.8 Å². The summed E-state index contributed by atoms with van der Waals surface area (Å²) in [6, 6.07) is 13.3. The summed E-state index contributed by atoms with van der Waals surface area (Å²) in [6.07, 6.45) is 4.94. The van der Waals surface area contributed by atoms with Crippen molar-refractivity contribution in [1.82, 2.24) is 5.43 Å². The molecule has 1 unspecified atom stereocenters. The van der Waals surface area contributed by atoms with Crippen molar-refractivity contribution in [2.45, 2.75) is 52.5 Å². The minimum Gasteiger partial charge on any atom is -0.472 e. The van der Waals surface area contributed by atoms with Gasteiger partial charge >= 0.3 is 0 Å². The maximum atomic E-state index is 12.5. The van der Waals surface area contributed by atoms with Crippen LogP contribution >= 0.6 is 0 Å². The van der Waals surface area contributed by atoms with Gasteiger partial charge in [0.1, 0.15) is 0 Å². The number of ether oxygens (including phenoxy) is 1. The predicted molar refractivity (Wildman–Crippen MR) is 128 cm³/mol. The van der Waals surface area contributed by atoms with E-state index in [1.807, 2.05) is 37.4 Å². The van der Waals surface area contributed by atoms with Crippen molar-refractivity contribution in [1.29, 1.82) is 0 Å². The number of ketones is 1. The third kappa shape index (κ3) is 6.51. The molecule has 1 aliphatic heterocycles. The Morgan fingerprint density at radius 2 is 2.06 bits per heavy atom. The second-order valence-corrected chi connectivity index (χ2v) is 7.84. The van der Waals surface area contributed by atoms with Crippen LogP contribution in [-0.2, 0) is 22.4 Å². The molecule has 1 aliphatic rings. The Hall–Kier alpha value is -3.48. The first-order valence-corrected chi connectivity index (χ1v) is 11.0. The summed E-state index contributed by atoms with van der Waals surface area (Å²) < 4.78 is 5.51. The van der Waals surface area contributed by atoms with E-state index in [0.717, 1.165) is 29.8 Å². The highest BCUT2D eigenvalue weighted by atomic mass is 16.5. The van der Waals surface area contributed by atoms with Gasteiger partial charge in [-0.3, -0.25) is 20.0 Å². The molecule has 168 valence electrons. The van der Waals surface area contributed by atoms with Gasteiger partial charge in [0.25, 0.3) is 0 Å². The quantitative estimate of drug-likeness (QED) is 0.264. The van der Waals surface area contributed by atoms with E-state index in [-0.39, 0.29) is 24.3 Å². The number of aryl methyl sites for hydroxylation is 2. The minimum absolute atomic E-state index is 0.00341. The van der Waals surface area contributed by atoms with Crippen LogP contribution in [0, 0.1) is 0 Å². The third-order valence-corrected chi connectivity index (χ3v) is 5.11. The number of nitrogens with one attached hydrogen (secondary N) is 2. The van der Waals surface area contributed by atoms with Crippen LogP contribution in [0.3, 0.4) is 0 Å². The molecule has 0 spiro atoms. The molecule has 0 bridgehead atoms. The molecular weight excluding hydrogens is 404 g/mol. The second-order valence-electron chi connectivity index (χ2n) is 7.84. The molecule has 0 radical (unpaired) electrons. The Bertz CT molecular complexity index is 1030. The normalized spacial score (nSPS) is 14.6. The number of rotatable bonds is 9. The van der Waals surface area contributed by atoms with Gasteiger partial charge in [0, 0.05) is 30.8 Å². The first-order valence-electron chi connectivity index (χ1n) is 11.0. The highest BCUT2D eigenvalue weighted by Gasteiger charge is 2.17. The van der Waals surface area contributed by atoms with E-state index in [1.54, 1.807) is 19.1 Å². The lowest BCUT2D eigenvalue weighted by Crippen LogP contribution is -2.24. The number of carbonyl (C=O) groups excluding carboxylic acids is 2. The van der Waals surface area contributed by atoms with Crippen LogP contribution < -0.4 is 10.7 Å². The average Bonchev–Trinajstić information content (AvgIpc) is 2.80. The smallest absolute Gasteiger partial charge is 0.224 e. The fourth-order valence-corrected chi connectivity index (χ4v) is 3.38. The van der Waals surface area contributed by atoms with E-state index >= 15 is 0 Å². The number of amides is 1. The number of Topliss-reactive ketones (excluding diaryl/α,β-unsaturated/α-hetero) is 1. The Morgan fingerprint density at radius 1 is 1.25 bits per heavy atom. The molecule has 0 saturated carbocycles. The Labute approximate surface area is 189 Å². The maximum Gasteiger partial charge on any atom is 0.224 e. The van der Waals surface area contributed by atoms with Crippen LogP contribution in [0.1, 0.15) is 55.1 Å². The predicted octanol–water partition coefficient (Wildman–Crippen LogP) is 4.44. The molecule has 32 heavy (non-hydrogen) atoms. The zero-order chi connectivity index (χ0) is 22.9. The van der Waals surface area contributed by atoms with E-state index in [9.17, 15) is 9.59 Å². The molecular formula is C25H30N4O3. The number of hydrazone groups is 1. The molecule has 2 aromatic carbocycles. The molecule has 0 aliphatic carbocycles. The van der Waals surface area contributed by atoms with E-state index in [4.69, 9.17) is 4.74 Å². The summed E-state index contributed by atoms with van der Waals surface area (Å²) in [5.74, 6) is 0.236. The summed E-state index contributed by atoms with van der Waals surface area (Å²) in [4.78, 5) is 28.5. The zero-order valence-corrected chi connectivity index (χ0v) is 18.9. The van der Waals surface area contributed by atoms with Crippen LogP contribution in [0.2, 0.25) is 0 Å². The van der Waals surface area contributed by atoms with E-state index < -0.39 is 0 Å². The lowest BCUT2D eigenvalue weighted by molar-refractivity contribution is -0.116. The highest BCUT2D eigenvalue weighted by Crippen LogP contribution is 2.24. The van der Waals surface area contributed by atoms with Gasteiger partial charge in [0.15, 0.2) is 12.4 Å². The van der Waals surface area contributed by atoms with Crippen LogP contribution in [0.4, 0.5) is 11.4 Å². The van der Waals surface area contributed by atoms with Gasteiger partial charge in [0.05, 0.1) is 11.7 Å². The third-order valence-electron chi connectivity index (χ3n) is 5.11. The molecule has 3 rings (SSSR count). The minimum atomic E-state index is -0.138. The molecule has 7 heteroatoms. The van der Waals surface area contributed by atoms with Gasteiger partial charge in [-0.25, -0.2) is 0 Å². The number of carbonyl (C=O) groups is 2. The van der Waals surface area contributed by atoms with Crippen LogP contribution in [0.5, 0.6) is 0 Å². The van der Waals surface area contributed by atoms with E-state index in [1.165, 1.54) is 5.56 Å². The molecule has 2 aromatic rings. The van der Waals surface area contributed by atoms with Crippen LogP contribution in [0.15, 0.2) is 52.6 Å². The number of nitrogens with zero attached hydrogens (tertiary/aromatic N) is 2. The van der Waals surface area contributed by atoms with Crippen molar-refractivity contribution in [3.63, 3.8) is 0 Å². The largest absolute Gasteiger partial charge is 0.472 e. The van der Waals surface area contributed by atoms with Gasteiger partial charge in [-0.15, -0.1) is 5.10 Å². The second kappa shape index (κ2) is 11.2. The van der Waals surface area contributed by atoms with Crippen molar-refractivity contribution in [3.8, 4) is 0 Å². The standard InChI is InChI=1S/C25H30N4O3/c1-4-7-19-8-5-6-9-22(19)26-15-17(2)28-29-18(3)32-16-24(30)21-10-12-23-20(14-21)11-13-25(31)27-23/h5-6,8-10,12,14-15,17,28H,4,7,11,13,16H2,1-3H3,(H,27,31)/b26-15?,29-18+. The summed E-state index contributed by atoms with van der Waals surface area (Å²) in [5, 5.41) is 7.01. The fourth-order valence-electron chi connectivity index (χ4n) is 3.38. The topological polar surface area (TPSA) is 92.2 Å². The number of aliphatic imine (C=N–C) groups is 1. The number of para-hydroxylation sites is 1. The molecule has 2 N–H and O–H groups in total. The van der Waals surface area contributed by atoms with Crippen molar-refractivity contribution >= 4 is 35.2 Å². The summed E-state index contributed by atoms with van der Waals surface area (Å²) in [7, 11) is 0. The number of fused-ring (bicyclic) bond motifs is 1. The van der Waals surface area contributed by atoms with E-state index in [0.29, 0.717) is 24.3 Å². The van der Waals surface area contributed by atoms with Crippen LogP contribution in [0.25, 0.3) is 0 Å². The van der Waals surface area contributed by atoms with Gasteiger partial charge in [-0.1, -0.05) is 31.5 Å². The number of benzene rings is 2. The SMILES string of the molecule is CCCc1ccccc1N=CC(C)N/N=C(\C)OCC(=O)c1ccc2c(c1)CCC(=O)N2. The molecule has 1 heterocycles. The summed E-state index contributed by atoms with van der Waals surface area (Å²) in [5.41, 5.74) is 7.47. The van der Waals surface area contributed by atoms with Crippen LogP contribution in [-0.4, -0.2) is 36.5 Å². The molecule has 1 amide bonds. The lowest BCUT2D eigenvalue weighted by Gasteiger charge is -2.17. The fraction of sp³-hybridized carbons (Fsp3) is 0.360. The first-order chi connectivity index (χ1) is 15.5.